The summed E-state index contributed by atoms with van der Waals surface area (Å²) in [6.45, 7) is 3.67. The van der Waals surface area contributed by atoms with E-state index in [4.69, 9.17) is 0 Å². The molecule has 4 heteroatoms. The summed E-state index contributed by atoms with van der Waals surface area (Å²) in [6, 6.07) is 0.338. The van der Waals surface area contributed by atoms with Gasteiger partial charge in [0.15, 0.2) is 0 Å². The topological polar surface area (TPSA) is 61.4 Å². The first kappa shape index (κ1) is 14.8. The zero-order valence-corrected chi connectivity index (χ0v) is 12.1. The minimum Gasteiger partial charge on any atom is -0.388 e. The second-order valence-electron chi connectivity index (χ2n) is 6.35. The van der Waals surface area contributed by atoms with Gasteiger partial charge >= 0.3 is 0 Å². The maximum Gasteiger partial charge on any atom is 0.221 e. The van der Waals surface area contributed by atoms with E-state index < -0.39 is 5.60 Å². The molecule has 0 aromatic heterocycles. The van der Waals surface area contributed by atoms with E-state index in [0.29, 0.717) is 19.0 Å². The van der Waals surface area contributed by atoms with Gasteiger partial charge in [0.2, 0.25) is 5.91 Å². The molecule has 2 aliphatic rings. The average molecular weight is 268 g/mol. The lowest BCUT2D eigenvalue weighted by Crippen LogP contribution is -2.46. The molecule has 110 valence electrons. The molecule has 3 N–H and O–H groups in total. The van der Waals surface area contributed by atoms with Crippen molar-refractivity contribution < 1.29 is 9.90 Å². The SMILES string of the molecule is CCC1CCC(O)(CNC(=O)CC2CCCN2)CC1. The molecule has 2 fully saturated rings. The number of aliphatic hydroxyl groups is 1. The highest BCUT2D eigenvalue weighted by Gasteiger charge is 2.33. The summed E-state index contributed by atoms with van der Waals surface area (Å²) in [7, 11) is 0. The summed E-state index contributed by atoms with van der Waals surface area (Å²) in [5.41, 5.74) is -0.662. The van der Waals surface area contributed by atoms with Crippen LogP contribution in [0, 0.1) is 5.92 Å². The Morgan fingerprint density at radius 2 is 2.11 bits per heavy atom. The zero-order valence-electron chi connectivity index (χ0n) is 12.1. The van der Waals surface area contributed by atoms with Crippen molar-refractivity contribution in [2.75, 3.05) is 13.1 Å². The molecule has 1 saturated carbocycles. The van der Waals surface area contributed by atoms with E-state index in [1.165, 1.54) is 12.8 Å². The molecule has 2 rings (SSSR count). The molecule has 1 saturated heterocycles. The minimum absolute atomic E-state index is 0.0745. The molecule has 0 radical (unpaired) electrons. The molecule has 0 spiro atoms. The van der Waals surface area contributed by atoms with Gasteiger partial charge in [0.1, 0.15) is 0 Å². The molecule has 0 aromatic carbocycles. The minimum atomic E-state index is -0.662. The Morgan fingerprint density at radius 3 is 2.68 bits per heavy atom. The number of carbonyl (C=O) groups excluding carboxylic acids is 1. The van der Waals surface area contributed by atoms with Gasteiger partial charge in [0.25, 0.3) is 0 Å². The fourth-order valence-corrected chi connectivity index (χ4v) is 3.29. The molecular weight excluding hydrogens is 240 g/mol. The highest BCUT2D eigenvalue weighted by Crippen LogP contribution is 2.33. The summed E-state index contributed by atoms with van der Waals surface area (Å²) in [5, 5.41) is 16.7. The van der Waals surface area contributed by atoms with Crippen molar-refractivity contribution in [1.82, 2.24) is 10.6 Å². The number of carbonyl (C=O) groups is 1. The molecule has 1 amide bonds. The number of hydrogen-bond acceptors (Lipinski definition) is 3. The van der Waals surface area contributed by atoms with Crippen LogP contribution in [0.25, 0.3) is 0 Å². The molecule has 0 bridgehead atoms. The first-order valence-corrected chi connectivity index (χ1v) is 7.84. The van der Waals surface area contributed by atoms with Crippen molar-refractivity contribution in [2.45, 2.75) is 69.9 Å². The molecule has 0 aromatic rings. The van der Waals surface area contributed by atoms with E-state index in [0.717, 1.165) is 44.6 Å². The molecule has 4 nitrogen and oxygen atoms in total. The van der Waals surface area contributed by atoms with Crippen LogP contribution in [0.1, 0.15) is 58.3 Å². The Hall–Kier alpha value is -0.610. The molecule has 1 aliphatic carbocycles. The molecule has 19 heavy (non-hydrogen) atoms. The summed E-state index contributed by atoms with van der Waals surface area (Å²) in [4.78, 5) is 11.8. The van der Waals surface area contributed by atoms with Gasteiger partial charge in [0, 0.05) is 19.0 Å². The quantitative estimate of drug-likeness (QED) is 0.709. The molecule has 1 atom stereocenters. The van der Waals surface area contributed by atoms with Gasteiger partial charge in [-0.05, 0) is 51.0 Å². The van der Waals surface area contributed by atoms with Gasteiger partial charge in [0.05, 0.1) is 5.60 Å². The van der Waals surface area contributed by atoms with Gasteiger partial charge in [-0.1, -0.05) is 13.3 Å². The van der Waals surface area contributed by atoms with Crippen molar-refractivity contribution in [1.29, 1.82) is 0 Å². The summed E-state index contributed by atoms with van der Waals surface area (Å²) >= 11 is 0. The van der Waals surface area contributed by atoms with E-state index in [9.17, 15) is 9.90 Å². The van der Waals surface area contributed by atoms with Crippen LogP contribution < -0.4 is 10.6 Å². The van der Waals surface area contributed by atoms with Crippen LogP contribution in [0.3, 0.4) is 0 Å². The van der Waals surface area contributed by atoms with Gasteiger partial charge in [-0.3, -0.25) is 4.79 Å². The monoisotopic (exact) mass is 268 g/mol. The third-order valence-electron chi connectivity index (χ3n) is 4.82. The van der Waals surface area contributed by atoms with Crippen molar-refractivity contribution in [3.05, 3.63) is 0 Å². The summed E-state index contributed by atoms with van der Waals surface area (Å²) in [5.74, 6) is 0.837. The Balaban J connectivity index is 1.67. The predicted octanol–water partition coefficient (Wildman–Crippen LogP) is 1.58. The number of amides is 1. The lowest BCUT2D eigenvalue weighted by atomic mass is 9.78. The van der Waals surface area contributed by atoms with Gasteiger partial charge in [-0.15, -0.1) is 0 Å². The van der Waals surface area contributed by atoms with E-state index in [-0.39, 0.29) is 5.91 Å². The van der Waals surface area contributed by atoms with Crippen LogP contribution >= 0.6 is 0 Å². The van der Waals surface area contributed by atoms with Crippen molar-refractivity contribution in [2.24, 2.45) is 5.92 Å². The standard InChI is InChI=1S/C15H28N2O2/c1-2-12-5-7-15(19,8-6-12)11-17-14(18)10-13-4-3-9-16-13/h12-13,16,19H,2-11H2,1H3,(H,17,18). The Labute approximate surface area is 116 Å². The maximum atomic E-state index is 11.8. The van der Waals surface area contributed by atoms with E-state index in [1.807, 2.05) is 0 Å². The second kappa shape index (κ2) is 6.71. The number of rotatable bonds is 5. The fraction of sp³-hybridized carbons (Fsp3) is 0.933. The Bertz CT molecular complexity index is 293. The lowest BCUT2D eigenvalue weighted by Gasteiger charge is -2.36. The van der Waals surface area contributed by atoms with E-state index >= 15 is 0 Å². The van der Waals surface area contributed by atoms with Crippen LogP contribution in [0.15, 0.2) is 0 Å². The Kier molecular flexibility index (Phi) is 5.22. The van der Waals surface area contributed by atoms with Crippen LogP contribution in [0.5, 0.6) is 0 Å². The van der Waals surface area contributed by atoms with Crippen LogP contribution in [0.4, 0.5) is 0 Å². The molecule has 1 heterocycles. The highest BCUT2D eigenvalue weighted by molar-refractivity contribution is 5.76. The Morgan fingerprint density at radius 1 is 1.37 bits per heavy atom. The lowest BCUT2D eigenvalue weighted by molar-refractivity contribution is -0.123. The first-order chi connectivity index (χ1) is 9.11. The maximum absolute atomic E-state index is 11.8. The highest BCUT2D eigenvalue weighted by atomic mass is 16.3. The number of hydrogen-bond donors (Lipinski definition) is 3. The summed E-state index contributed by atoms with van der Waals surface area (Å²) < 4.78 is 0. The second-order valence-corrected chi connectivity index (χ2v) is 6.35. The van der Waals surface area contributed by atoms with Crippen LogP contribution in [-0.2, 0) is 4.79 Å². The van der Waals surface area contributed by atoms with Gasteiger partial charge < -0.3 is 15.7 Å². The number of nitrogens with one attached hydrogen (secondary N) is 2. The zero-order chi connectivity index (χ0) is 13.7. The summed E-state index contributed by atoms with van der Waals surface area (Å²) in [6.07, 6.45) is 7.85. The molecule has 1 unspecified atom stereocenters. The normalized spacial score (nSPS) is 35.3. The predicted molar refractivity (Wildman–Crippen MR) is 75.9 cm³/mol. The average Bonchev–Trinajstić information content (AvgIpc) is 2.90. The fourth-order valence-electron chi connectivity index (χ4n) is 3.29. The van der Waals surface area contributed by atoms with Gasteiger partial charge in [-0.25, -0.2) is 0 Å². The van der Waals surface area contributed by atoms with E-state index in [1.54, 1.807) is 0 Å². The smallest absolute Gasteiger partial charge is 0.221 e. The van der Waals surface area contributed by atoms with E-state index in [2.05, 4.69) is 17.6 Å². The van der Waals surface area contributed by atoms with Crippen molar-refractivity contribution in [3.8, 4) is 0 Å². The van der Waals surface area contributed by atoms with Crippen molar-refractivity contribution in [3.63, 3.8) is 0 Å². The van der Waals surface area contributed by atoms with Crippen LogP contribution in [-0.4, -0.2) is 35.7 Å². The largest absolute Gasteiger partial charge is 0.388 e. The third kappa shape index (κ3) is 4.46. The van der Waals surface area contributed by atoms with Crippen molar-refractivity contribution >= 4 is 5.91 Å². The first-order valence-electron chi connectivity index (χ1n) is 7.84. The molecular formula is C15H28N2O2. The third-order valence-corrected chi connectivity index (χ3v) is 4.82. The van der Waals surface area contributed by atoms with Crippen LogP contribution in [0.2, 0.25) is 0 Å². The molecule has 1 aliphatic heterocycles. The van der Waals surface area contributed by atoms with Gasteiger partial charge in [-0.2, -0.15) is 0 Å².